The maximum atomic E-state index is 11.8. The van der Waals surface area contributed by atoms with Gasteiger partial charge in [-0.05, 0) is 68.6 Å². The molecule has 0 bridgehead atoms. The van der Waals surface area contributed by atoms with Crippen molar-refractivity contribution < 1.29 is 19.2 Å². The summed E-state index contributed by atoms with van der Waals surface area (Å²) in [5.41, 5.74) is 7.87. The molecule has 1 atom stereocenters. The Morgan fingerprint density at radius 2 is 1.86 bits per heavy atom. The molecule has 1 saturated carbocycles. The zero-order chi connectivity index (χ0) is 24.8. The number of hydrogen-bond donors (Lipinski definition) is 1. The van der Waals surface area contributed by atoms with E-state index in [2.05, 4.69) is 22.0 Å². The van der Waals surface area contributed by atoms with Crippen LogP contribution in [0.3, 0.4) is 0 Å². The van der Waals surface area contributed by atoms with Crippen molar-refractivity contribution in [3.8, 4) is 22.3 Å². The van der Waals surface area contributed by atoms with Crippen molar-refractivity contribution in [1.29, 1.82) is 0 Å². The van der Waals surface area contributed by atoms with Gasteiger partial charge in [0, 0.05) is 48.8 Å². The second kappa shape index (κ2) is 9.21. The Kier molecular flexibility index (Phi) is 5.88. The summed E-state index contributed by atoms with van der Waals surface area (Å²) >= 11 is 0. The molecule has 1 N–H and O–H groups in total. The van der Waals surface area contributed by atoms with Crippen LogP contribution in [0.2, 0.25) is 0 Å². The highest BCUT2D eigenvalue weighted by Crippen LogP contribution is 2.43. The lowest BCUT2D eigenvalue weighted by Crippen LogP contribution is -2.20. The molecule has 2 fully saturated rings. The van der Waals surface area contributed by atoms with Gasteiger partial charge in [0.2, 0.25) is 0 Å². The minimum absolute atomic E-state index is 0.263. The molecule has 1 saturated heterocycles. The molecule has 4 aromatic rings. The second-order valence-electron chi connectivity index (χ2n) is 10.3. The number of ether oxygens (including phenoxy) is 1. The van der Waals surface area contributed by atoms with Crippen LogP contribution < -0.4 is 0 Å². The molecule has 4 heterocycles. The number of carboxylic acids is 1. The Morgan fingerprint density at radius 1 is 1.11 bits per heavy atom. The van der Waals surface area contributed by atoms with Crippen molar-refractivity contribution in [2.75, 3.05) is 13.2 Å². The van der Waals surface area contributed by atoms with Crippen molar-refractivity contribution in [3.05, 3.63) is 59.7 Å². The van der Waals surface area contributed by atoms with E-state index in [-0.39, 0.29) is 5.92 Å². The Bertz CT molecular complexity index is 1390. The third-order valence-electron chi connectivity index (χ3n) is 7.78. The Balaban J connectivity index is 1.42. The third kappa shape index (κ3) is 4.22. The fourth-order valence-electron chi connectivity index (χ4n) is 5.68. The van der Waals surface area contributed by atoms with Crippen molar-refractivity contribution in [3.63, 3.8) is 0 Å². The van der Waals surface area contributed by atoms with Gasteiger partial charge in [0.15, 0.2) is 0 Å². The first kappa shape index (κ1) is 23.0. The van der Waals surface area contributed by atoms with Crippen LogP contribution >= 0.6 is 0 Å². The molecule has 0 radical (unpaired) electrons. The van der Waals surface area contributed by atoms with Crippen LogP contribution in [0.5, 0.6) is 0 Å². The first-order valence-electron chi connectivity index (χ1n) is 12.8. The second-order valence-corrected chi connectivity index (χ2v) is 10.3. The number of benzene rings is 1. The molecule has 1 aliphatic heterocycles. The fourth-order valence-corrected chi connectivity index (χ4v) is 5.68. The summed E-state index contributed by atoms with van der Waals surface area (Å²) in [7, 11) is 0. The van der Waals surface area contributed by atoms with E-state index in [0.717, 1.165) is 95.7 Å². The smallest absolute Gasteiger partial charge is 0.311 e. The maximum Gasteiger partial charge on any atom is 0.311 e. The summed E-state index contributed by atoms with van der Waals surface area (Å²) < 4.78 is 13.3. The van der Waals surface area contributed by atoms with Gasteiger partial charge >= 0.3 is 5.97 Å². The first-order chi connectivity index (χ1) is 17.5. The van der Waals surface area contributed by atoms with E-state index in [1.54, 1.807) is 0 Å². The van der Waals surface area contributed by atoms with Gasteiger partial charge in [0.1, 0.15) is 5.76 Å². The van der Waals surface area contributed by atoms with Gasteiger partial charge in [-0.15, -0.1) is 0 Å². The highest BCUT2D eigenvalue weighted by Gasteiger charge is 2.37. The van der Waals surface area contributed by atoms with E-state index >= 15 is 0 Å². The lowest BCUT2D eigenvalue weighted by molar-refractivity contribution is -0.139. The zero-order valence-corrected chi connectivity index (χ0v) is 20.7. The van der Waals surface area contributed by atoms with Gasteiger partial charge < -0.3 is 18.9 Å². The van der Waals surface area contributed by atoms with Crippen LogP contribution in [0.25, 0.3) is 33.3 Å². The summed E-state index contributed by atoms with van der Waals surface area (Å²) in [6.45, 7) is 6.42. The highest BCUT2D eigenvalue weighted by molar-refractivity contribution is 5.95. The molecule has 2 aliphatic rings. The highest BCUT2D eigenvalue weighted by atomic mass is 16.5. The summed E-state index contributed by atoms with van der Waals surface area (Å²) in [6.07, 6.45) is 8.20. The van der Waals surface area contributed by atoms with Crippen molar-refractivity contribution in [1.82, 2.24) is 14.7 Å². The Morgan fingerprint density at radius 3 is 2.50 bits per heavy atom. The van der Waals surface area contributed by atoms with E-state index in [4.69, 9.17) is 14.2 Å². The van der Waals surface area contributed by atoms with Crippen LogP contribution in [0.15, 0.2) is 47.2 Å². The number of hydrogen-bond acceptors (Lipinski definition) is 5. The molecule has 1 aliphatic carbocycles. The average molecular weight is 486 g/mol. The number of aromatic nitrogens is 3. The van der Waals surface area contributed by atoms with Gasteiger partial charge in [-0.1, -0.05) is 29.4 Å². The topological polar surface area (TPSA) is 90.4 Å². The molecule has 6 rings (SSSR count). The largest absolute Gasteiger partial charge is 0.481 e. The minimum atomic E-state index is -0.730. The molecule has 1 aromatic carbocycles. The van der Waals surface area contributed by atoms with E-state index in [1.165, 1.54) is 0 Å². The van der Waals surface area contributed by atoms with Crippen molar-refractivity contribution in [2.45, 2.75) is 52.0 Å². The number of fused-ring (bicyclic) bond motifs is 1. The number of aryl methyl sites for hydroxylation is 2. The van der Waals surface area contributed by atoms with E-state index in [9.17, 15) is 9.90 Å². The number of carboxylic acid groups (broad SMARTS) is 1. The summed E-state index contributed by atoms with van der Waals surface area (Å²) in [4.78, 5) is 16.8. The molecule has 0 spiro atoms. The van der Waals surface area contributed by atoms with Crippen LogP contribution in [0.4, 0.5) is 0 Å². The molecule has 0 amide bonds. The number of rotatable bonds is 7. The van der Waals surface area contributed by atoms with Gasteiger partial charge in [-0.2, -0.15) is 0 Å². The summed E-state index contributed by atoms with van der Waals surface area (Å²) in [5, 5.41) is 13.9. The molecular formula is C29H31N3O4. The standard InChI is InChI=1S/C29H31N3O4/c1-17-26(18(2)36-31-17)23-13-25-28(30-14-23)24(16-32(25)15-19-9-11-35-12-10-19)20-3-5-21(6-4-20)27(29(33)34)22-7-8-22/h3-6,13-14,16,19,22,27H,7-12,15H2,1-2H3,(H,33,34). The number of nitrogens with zero attached hydrogens (tertiary/aromatic N) is 3. The molecule has 7 heteroatoms. The van der Waals surface area contributed by atoms with Crippen LogP contribution in [-0.2, 0) is 16.1 Å². The number of carbonyl (C=O) groups is 1. The first-order valence-corrected chi connectivity index (χ1v) is 12.8. The Hall–Kier alpha value is -3.45. The lowest BCUT2D eigenvalue weighted by Gasteiger charge is -2.22. The average Bonchev–Trinajstić information content (AvgIpc) is 3.57. The summed E-state index contributed by atoms with van der Waals surface area (Å²) in [6, 6.07) is 10.2. The van der Waals surface area contributed by atoms with E-state index in [1.807, 2.05) is 44.3 Å². The van der Waals surface area contributed by atoms with Crippen LogP contribution in [0, 0.1) is 25.7 Å². The van der Waals surface area contributed by atoms with Gasteiger partial charge in [0.25, 0.3) is 0 Å². The quantitative estimate of drug-likeness (QED) is 0.346. The van der Waals surface area contributed by atoms with E-state index in [0.29, 0.717) is 5.92 Å². The van der Waals surface area contributed by atoms with Crippen molar-refractivity contribution >= 4 is 17.0 Å². The molecule has 1 unspecified atom stereocenters. The zero-order valence-electron chi connectivity index (χ0n) is 20.7. The van der Waals surface area contributed by atoms with Gasteiger partial charge in [-0.3, -0.25) is 9.78 Å². The number of pyridine rings is 1. The molecule has 7 nitrogen and oxygen atoms in total. The lowest BCUT2D eigenvalue weighted by atomic mass is 9.93. The third-order valence-corrected chi connectivity index (χ3v) is 7.78. The minimum Gasteiger partial charge on any atom is -0.481 e. The number of aliphatic carboxylic acids is 1. The van der Waals surface area contributed by atoms with E-state index < -0.39 is 11.9 Å². The maximum absolute atomic E-state index is 11.8. The van der Waals surface area contributed by atoms with Crippen LogP contribution in [0.1, 0.15) is 48.6 Å². The molecular weight excluding hydrogens is 454 g/mol. The van der Waals surface area contributed by atoms with Crippen LogP contribution in [-0.4, -0.2) is 39.0 Å². The predicted molar refractivity (Wildman–Crippen MR) is 137 cm³/mol. The van der Waals surface area contributed by atoms with Gasteiger partial charge in [-0.25, -0.2) is 0 Å². The molecule has 186 valence electrons. The molecule has 3 aromatic heterocycles. The SMILES string of the molecule is Cc1noc(C)c1-c1cnc2c(-c3ccc(C(C(=O)O)C4CC4)cc3)cn(CC3CCOCC3)c2c1. The summed E-state index contributed by atoms with van der Waals surface area (Å²) in [5.74, 6) is 0.466. The fraction of sp³-hybridized carbons (Fsp3) is 0.414. The monoisotopic (exact) mass is 485 g/mol. The normalized spacial score (nSPS) is 17.5. The Labute approximate surface area is 210 Å². The van der Waals surface area contributed by atoms with Gasteiger partial charge in [0.05, 0.1) is 22.6 Å². The predicted octanol–water partition coefficient (Wildman–Crippen LogP) is 5.98. The van der Waals surface area contributed by atoms with Crippen molar-refractivity contribution in [2.24, 2.45) is 11.8 Å². The molecule has 36 heavy (non-hydrogen) atoms.